The lowest BCUT2D eigenvalue weighted by Crippen LogP contribution is -2.33. The topological polar surface area (TPSA) is 60.3 Å². The maximum Gasteiger partial charge on any atom is 0.268 e. The quantitative estimate of drug-likeness (QED) is 0.739. The minimum absolute atomic E-state index is 0.123. The van der Waals surface area contributed by atoms with Gasteiger partial charge in [0.05, 0.1) is 7.11 Å². The molecule has 0 unspecified atom stereocenters. The highest BCUT2D eigenvalue weighted by Crippen LogP contribution is 2.15. The lowest BCUT2D eigenvalue weighted by molar-refractivity contribution is 0.0949. The molecule has 2 aromatic carbocycles. The van der Waals surface area contributed by atoms with Crippen molar-refractivity contribution in [1.29, 1.82) is 0 Å². The van der Waals surface area contributed by atoms with Gasteiger partial charge < -0.3 is 10.1 Å². The number of aryl methyl sites for hydroxylation is 3. The number of carbonyl (C=O) groups excluding carboxylic acids is 1. The van der Waals surface area contributed by atoms with Crippen LogP contribution in [0.5, 0.6) is 5.75 Å². The van der Waals surface area contributed by atoms with Crippen LogP contribution < -0.4 is 15.6 Å². The second kappa shape index (κ2) is 8.13. The average molecular weight is 376 g/mol. The molecule has 0 aliphatic carbocycles. The zero-order valence-electron chi connectivity index (χ0n) is 16.6. The Morgan fingerprint density at radius 1 is 0.964 bits per heavy atom. The standard InChI is InChI=1S/C23H24N2O3/c1-15-11-16(2)13-19(12-15)25-17(3)5-10-21(23(25)27)22(26)24-14-18-6-8-20(28-4)9-7-18/h5-13H,14H2,1-4H3,(H,24,26). The predicted molar refractivity (Wildman–Crippen MR) is 110 cm³/mol. The van der Waals surface area contributed by atoms with Gasteiger partial charge in [0.25, 0.3) is 11.5 Å². The van der Waals surface area contributed by atoms with Gasteiger partial charge in [-0.1, -0.05) is 18.2 Å². The average Bonchev–Trinajstić information content (AvgIpc) is 2.66. The van der Waals surface area contributed by atoms with Crippen LogP contribution in [0, 0.1) is 20.8 Å². The molecule has 144 valence electrons. The van der Waals surface area contributed by atoms with Gasteiger partial charge >= 0.3 is 0 Å². The maximum absolute atomic E-state index is 13.0. The van der Waals surface area contributed by atoms with Crippen LogP contribution in [0.15, 0.2) is 59.4 Å². The van der Waals surface area contributed by atoms with Gasteiger partial charge in [-0.3, -0.25) is 14.2 Å². The first-order valence-corrected chi connectivity index (χ1v) is 9.11. The Bertz CT molecular complexity index is 1050. The number of nitrogens with one attached hydrogen (secondary N) is 1. The van der Waals surface area contributed by atoms with Gasteiger partial charge in [0.2, 0.25) is 0 Å². The Hall–Kier alpha value is -3.34. The van der Waals surface area contributed by atoms with Crippen molar-refractivity contribution in [3.63, 3.8) is 0 Å². The molecule has 5 nitrogen and oxygen atoms in total. The van der Waals surface area contributed by atoms with Crippen LogP contribution >= 0.6 is 0 Å². The SMILES string of the molecule is COc1ccc(CNC(=O)c2ccc(C)n(-c3cc(C)cc(C)c3)c2=O)cc1. The van der Waals surface area contributed by atoms with Crippen molar-refractivity contribution >= 4 is 5.91 Å². The van der Waals surface area contributed by atoms with Gasteiger partial charge in [0.1, 0.15) is 11.3 Å². The highest BCUT2D eigenvalue weighted by Gasteiger charge is 2.15. The molecule has 0 aliphatic rings. The van der Waals surface area contributed by atoms with E-state index in [4.69, 9.17) is 4.74 Å². The molecule has 5 heteroatoms. The molecule has 1 amide bonds. The van der Waals surface area contributed by atoms with Crippen molar-refractivity contribution in [2.24, 2.45) is 0 Å². The third kappa shape index (κ3) is 4.14. The molecular weight excluding hydrogens is 352 g/mol. The van der Waals surface area contributed by atoms with E-state index in [1.165, 1.54) is 0 Å². The fourth-order valence-electron chi connectivity index (χ4n) is 3.22. The first-order chi connectivity index (χ1) is 13.4. The van der Waals surface area contributed by atoms with Crippen LogP contribution in [-0.4, -0.2) is 17.6 Å². The summed E-state index contributed by atoms with van der Waals surface area (Å²) in [5.74, 6) is 0.365. The predicted octanol–water partition coefficient (Wildman–Crippen LogP) is 3.70. The van der Waals surface area contributed by atoms with E-state index in [0.29, 0.717) is 6.54 Å². The lowest BCUT2D eigenvalue weighted by Gasteiger charge is -2.14. The summed E-state index contributed by atoms with van der Waals surface area (Å²) in [7, 11) is 1.61. The van der Waals surface area contributed by atoms with E-state index in [1.807, 2.05) is 57.2 Å². The summed E-state index contributed by atoms with van der Waals surface area (Å²) in [4.78, 5) is 25.7. The second-order valence-corrected chi connectivity index (χ2v) is 6.91. The van der Waals surface area contributed by atoms with Gasteiger partial charge in [-0.25, -0.2) is 0 Å². The Balaban J connectivity index is 1.87. The largest absolute Gasteiger partial charge is 0.497 e. The van der Waals surface area contributed by atoms with Crippen molar-refractivity contribution in [2.45, 2.75) is 27.3 Å². The number of hydrogen-bond acceptors (Lipinski definition) is 3. The van der Waals surface area contributed by atoms with Gasteiger partial charge in [-0.2, -0.15) is 0 Å². The van der Waals surface area contributed by atoms with Crippen LogP contribution in [0.25, 0.3) is 5.69 Å². The zero-order chi connectivity index (χ0) is 20.3. The van der Waals surface area contributed by atoms with Crippen LogP contribution in [0.3, 0.4) is 0 Å². The van der Waals surface area contributed by atoms with E-state index in [9.17, 15) is 9.59 Å². The Labute approximate surface area is 164 Å². The molecule has 0 saturated carbocycles. The van der Waals surface area contributed by atoms with Crippen molar-refractivity contribution < 1.29 is 9.53 Å². The number of benzene rings is 2. The first kappa shape index (κ1) is 19.4. The molecule has 3 rings (SSSR count). The third-order valence-electron chi connectivity index (χ3n) is 4.60. The summed E-state index contributed by atoms with van der Waals surface area (Å²) in [6.45, 7) is 6.17. The van der Waals surface area contributed by atoms with E-state index < -0.39 is 0 Å². The minimum Gasteiger partial charge on any atom is -0.497 e. The van der Waals surface area contributed by atoms with Crippen molar-refractivity contribution in [3.8, 4) is 11.4 Å². The Morgan fingerprint density at radius 3 is 2.21 bits per heavy atom. The van der Waals surface area contributed by atoms with E-state index in [2.05, 4.69) is 11.4 Å². The number of hydrogen-bond donors (Lipinski definition) is 1. The summed E-state index contributed by atoms with van der Waals surface area (Å²) >= 11 is 0. The molecule has 28 heavy (non-hydrogen) atoms. The van der Waals surface area contributed by atoms with E-state index in [-0.39, 0.29) is 17.0 Å². The third-order valence-corrected chi connectivity index (χ3v) is 4.60. The van der Waals surface area contributed by atoms with E-state index >= 15 is 0 Å². The summed E-state index contributed by atoms with van der Waals surface area (Å²) in [5, 5.41) is 2.82. The summed E-state index contributed by atoms with van der Waals surface area (Å²) < 4.78 is 6.72. The van der Waals surface area contributed by atoms with Gasteiger partial charge in [0.15, 0.2) is 0 Å². The fraction of sp³-hybridized carbons (Fsp3) is 0.217. The highest BCUT2D eigenvalue weighted by atomic mass is 16.5. The summed E-state index contributed by atoms with van der Waals surface area (Å²) in [6.07, 6.45) is 0. The number of aromatic nitrogens is 1. The second-order valence-electron chi connectivity index (χ2n) is 6.91. The number of amides is 1. The van der Waals surface area contributed by atoms with Crippen LogP contribution in [-0.2, 0) is 6.54 Å². The van der Waals surface area contributed by atoms with Gasteiger partial charge in [-0.05, 0) is 73.9 Å². The highest BCUT2D eigenvalue weighted by molar-refractivity contribution is 5.93. The molecule has 1 aromatic heterocycles. The zero-order valence-corrected chi connectivity index (χ0v) is 16.6. The number of nitrogens with zero attached hydrogens (tertiary/aromatic N) is 1. The van der Waals surface area contributed by atoms with Gasteiger partial charge in [0, 0.05) is 17.9 Å². The minimum atomic E-state index is -0.390. The fourth-order valence-corrected chi connectivity index (χ4v) is 3.22. The van der Waals surface area contributed by atoms with Crippen molar-refractivity contribution in [2.75, 3.05) is 7.11 Å². The number of rotatable bonds is 5. The lowest BCUT2D eigenvalue weighted by atomic mass is 10.1. The Morgan fingerprint density at radius 2 is 1.61 bits per heavy atom. The number of pyridine rings is 1. The van der Waals surface area contributed by atoms with E-state index in [0.717, 1.165) is 33.8 Å². The smallest absolute Gasteiger partial charge is 0.268 e. The van der Waals surface area contributed by atoms with Crippen LogP contribution in [0.1, 0.15) is 32.7 Å². The first-order valence-electron chi connectivity index (χ1n) is 9.11. The monoisotopic (exact) mass is 376 g/mol. The summed E-state index contributed by atoms with van der Waals surface area (Å²) in [5.41, 5.74) is 4.41. The number of carbonyl (C=O) groups is 1. The van der Waals surface area contributed by atoms with Gasteiger partial charge in [-0.15, -0.1) is 0 Å². The van der Waals surface area contributed by atoms with Crippen LogP contribution in [0.4, 0.5) is 0 Å². The molecule has 0 bridgehead atoms. The van der Waals surface area contributed by atoms with Crippen molar-refractivity contribution in [1.82, 2.24) is 9.88 Å². The molecular formula is C23H24N2O3. The molecule has 0 spiro atoms. The van der Waals surface area contributed by atoms with Crippen LogP contribution in [0.2, 0.25) is 0 Å². The molecule has 3 aromatic rings. The molecule has 1 N–H and O–H groups in total. The molecule has 0 radical (unpaired) electrons. The molecule has 0 fully saturated rings. The van der Waals surface area contributed by atoms with Crippen molar-refractivity contribution in [3.05, 3.63) is 92.9 Å². The molecule has 0 aliphatic heterocycles. The van der Waals surface area contributed by atoms with E-state index in [1.54, 1.807) is 23.8 Å². The molecule has 1 heterocycles. The summed E-state index contributed by atoms with van der Waals surface area (Å²) in [6, 6.07) is 16.7. The maximum atomic E-state index is 13.0. The normalized spacial score (nSPS) is 10.6. The molecule has 0 saturated heterocycles. The molecule has 0 atom stereocenters. The number of ether oxygens (including phenoxy) is 1. The number of methoxy groups -OCH3 is 1. The Kier molecular flexibility index (Phi) is 5.64.